The predicted molar refractivity (Wildman–Crippen MR) is 118 cm³/mol. The van der Waals surface area contributed by atoms with Crippen molar-refractivity contribution in [2.45, 2.75) is 38.4 Å². The van der Waals surface area contributed by atoms with E-state index in [9.17, 15) is 9.59 Å². The van der Waals surface area contributed by atoms with E-state index in [1.54, 1.807) is 18.9 Å². The third-order valence-electron chi connectivity index (χ3n) is 4.93. The van der Waals surface area contributed by atoms with Crippen molar-refractivity contribution >= 4 is 45.8 Å². The van der Waals surface area contributed by atoms with Crippen LogP contribution in [0.3, 0.4) is 0 Å². The van der Waals surface area contributed by atoms with E-state index in [-0.39, 0.29) is 30.3 Å². The summed E-state index contributed by atoms with van der Waals surface area (Å²) in [5.74, 6) is -0.241. The molecule has 0 aliphatic carbocycles. The van der Waals surface area contributed by atoms with Crippen LogP contribution in [-0.2, 0) is 22.6 Å². The number of halogens is 2. The third-order valence-corrected chi connectivity index (χ3v) is 5.42. The Bertz CT molecular complexity index is 832. The molecular weight excluding hydrogens is 442 g/mol. The number of hydrogen-bond donors (Lipinski definition) is 2. The van der Waals surface area contributed by atoms with E-state index in [1.807, 2.05) is 48.5 Å². The number of anilines is 1. The van der Waals surface area contributed by atoms with E-state index in [1.165, 1.54) is 0 Å². The van der Waals surface area contributed by atoms with Crippen LogP contribution in [0.25, 0.3) is 0 Å². The lowest BCUT2D eigenvalue weighted by molar-refractivity contribution is -0.128. The number of carbonyl (C=O) groups excluding carboxylic acids is 2. The van der Waals surface area contributed by atoms with E-state index in [0.717, 1.165) is 27.7 Å². The molecule has 28 heavy (non-hydrogen) atoms. The van der Waals surface area contributed by atoms with Gasteiger partial charge in [0.15, 0.2) is 0 Å². The van der Waals surface area contributed by atoms with Crippen molar-refractivity contribution in [2.24, 2.45) is 0 Å². The van der Waals surface area contributed by atoms with Gasteiger partial charge in [-0.2, -0.15) is 0 Å². The SMILES string of the molecule is CNC(C)C(=O)NC1CCc2ccc(Br)cc2N(Cc2ccccc2)C1=O.Cl. The third kappa shape index (κ3) is 5.13. The lowest BCUT2D eigenvalue weighted by Gasteiger charge is -2.27. The number of fused-ring (bicyclic) bond motifs is 1. The molecule has 0 aromatic heterocycles. The Hall–Kier alpha value is -1.89. The molecule has 2 amide bonds. The van der Waals surface area contributed by atoms with Gasteiger partial charge in [0.2, 0.25) is 11.8 Å². The van der Waals surface area contributed by atoms with Crippen molar-refractivity contribution in [2.75, 3.05) is 11.9 Å². The summed E-state index contributed by atoms with van der Waals surface area (Å²) < 4.78 is 0.929. The molecule has 2 N–H and O–H groups in total. The standard InChI is InChI=1S/C21H24BrN3O2.ClH/c1-14(23-2)20(26)24-18-11-9-16-8-10-17(22)12-19(16)25(21(18)27)13-15-6-4-3-5-7-15;/h3-8,10,12,14,18,23H,9,11,13H2,1-2H3,(H,24,26);1H. The van der Waals surface area contributed by atoms with Gasteiger partial charge in [0.25, 0.3) is 0 Å². The van der Waals surface area contributed by atoms with Crippen molar-refractivity contribution < 1.29 is 9.59 Å². The number of carbonyl (C=O) groups is 2. The second-order valence-corrected chi connectivity index (χ2v) is 7.71. The second-order valence-electron chi connectivity index (χ2n) is 6.79. The zero-order chi connectivity index (χ0) is 19.4. The van der Waals surface area contributed by atoms with Crippen LogP contribution in [0.15, 0.2) is 53.0 Å². The van der Waals surface area contributed by atoms with Gasteiger partial charge in [0, 0.05) is 10.2 Å². The maximum absolute atomic E-state index is 13.3. The summed E-state index contributed by atoms with van der Waals surface area (Å²) in [7, 11) is 1.73. The number of amides is 2. The number of nitrogens with zero attached hydrogens (tertiary/aromatic N) is 1. The molecule has 1 aliphatic heterocycles. The molecule has 2 unspecified atom stereocenters. The van der Waals surface area contributed by atoms with Crippen LogP contribution in [-0.4, -0.2) is 30.9 Å². The van der Waals surface area contributed by atoms with Gasteiger partial charge in [0.1, 0.15) is 6.04 Å². The maximum Gasteiger partial charge on any atom is 0.249 e. The van der Waals surface area contributed by atoms with Crippen molar-refractivity contribution in [3.8, 4) is 0 Å². The first kappa shape index (κ1) is 22.4. The van der Waals surface area contributed by atoms with Crippen molar-refractivity contribution in [3.05, 3.63) is 64.1 Å². The number of nitrogens with one attached hydrogen (secondary N) is 2. The van der Waals surface area contributed by atoms with Crippen LogP contribution >= 0.6 is 28.3 Å². The van der Waals surface area contributed by atoms with Crippen molar-refractivity contribution in [3.63, 3.8) is 0 Å². The summed E-state index contributed by atoms with van der Waals surface area (Å²) in [6.07, 6.45) is 1.32. The zero-order valence-corrected chi connectivity index (χ0v) is 18.3. The average Bonchev–Trinajstić information content (AvgIpc) is 2.80. The molecule has 0 bridgehead atoms. The molecule has 0 spiro atoms. The minimum atomic E-state index is -0.539. The molecule has 2 aromatic carbocycles. The van der Waals surface area contributed by atoms with Gasteiger partial charge >= 0.3 is 0 Å². The van der Waals surface area contributed by atoms with Gasteiger partial charge in [-0.1, -0.05) is 52.3 Å². The van der Waals surface area contributed by atoms with Crippen LogP contribution in [0.4, 0.5) is 5.69 Å². The van der Waals surface area contributed by atoms with E-state index in [2.05, 4.69) is 26.6 Å². The fourth-order valence-corrected chi connectivity index (χ4v) is 3.57. The highest BCUT2D eigenvalue weighted by molar-refractivity contribution is 9.10. The molecule has 2 atom stereocenters. The van der Waals surface area contributed by atoms with E-state index < -0.39 is 6.04 Å². The highest BCUT2D eigenvalue weighted by Gasteiger charge is 2.32. The predicted octanol–water partition coefficient (Wildman–Crippen LogP) is 3.44. The highest BCUT2D eigenvalue weighted by Crippen LogP contribution is 2.31. The smallest absolute Gasteiger partial charge is 0.249 e. The van der Waals surface area contributed by atoms with Crippen LogP contribution in [0.1, 0.15) is 24.5 Å². The Kier molecular flexibility index (Phi) is 8.04. The van der Waals surface area contributed by atoms with Crippen LogP contribution in [0.5, 0.6) is 0 Å². The average molecular weight is 467 g/mol. The first-order chi connectivity index (χ1) is 13.0. The molecule has 0 radical (unpaired) electrons. The van der Waals surface area contributed by atoms with E-state index in [0.29, 0.717) is 13.0 Å². The molecule has 3 rings (SSSR count). The molecule has 2 aromatic rings. The summed E-state index contributed by atoms with van der Waals surface area (Å²) in [5, 5.41) is 5.84. The fraction of sp³-hybridized carbons (Fsp3) is 0.333. The molecule has 7 heteroatoms. The van der Waals surface area contributed by atoms with Gasteiger partial charge in [-0.3, -0.25) is 9.59 Å². The number of likely N-dealkylation sites (N-methyl/N-ethyl adjacent to an activating group) is 1. The molecule has 1 heterocycles. The molecule has 5 nitrogen and oxygen atoms in total. The Morgan fingerprint density at radius 1 is 1.25 bits per heavy atom. The number of aryl methyl sites for hydroxylation is 1. The summed E-state index contributed by atoms with van der Waals surface area (Å²) in [4.78, 5) is 27.5. The van der Waals surface area contributed by atoms with E-state index >= 15 is 0 Å². The van der Waals surface area contributed by atoms with Crippen LogP contribution in [0.2, 0.25) is 0 Å². The van der Waals surface area contributed by atoms with Gasteiger partial charge in [-0.25, -0.2) is 0 Å². The Morgan fingerprint density at radius 3 is 2.64 bits per heavy atom. The molecule has 0 saturated heterocycles. The minimum absolute atomic E-state index is 0. The summed E-state index contributed by atoms with van der Waals surface area (Å²) in [5.41, 5.74) is 3.06. The quantitative estimate of drug-likeness (QED) is 0.709. The molecule has 0 fully saturated rings. The Morgan fingerprint density at radius 2 is 1.96 bits per heavy atom. The summed E-state index contributed by atoms with van der Waals surface area (Å²) >= 11 is 3.52. The van der Waals surface area contributed by atoms with Crippen LogP contribution < -0.4 is 15.5 Å². The number of hydrogen-bond acceptors (Lipinski definition) is 3. The molecule has 150 valence electrons. The summed E-state index contributed by atoms with van der Waals surface area (Å²) in [6, 6.07) is 15.0. The normalized spacial score (nSPS) is 17.2. The van der Waals surface area contributed by atoms with Crippen molar-refractivity contribution in [1.82, 2.24) is 10.6 Å². The lowest BCUT2D eigenvalue weighted by Crippen LogP contribution is -2.52. The first-order valence-corrected chi connectivity index (χ1v) is 9.90. The second kappa shape index (κ2) is 10.0. The number of benzene rings is 2. The van der Waals surface area contributed by atoms with Gasteiger partial charge < -0.3 is 15.5 Å². The maximum atomic E-state index is 13.3. The zero-order valence-electron chi connectivity index (χ0n) is 15.9. The largest absolute Gasteiger partial charge is 0.343 e. The highest BCUT2D eigenvalue weighted by atomic mass is 79.9. The van der Waals surface area contributed by atoms with E-state index in [4.69, 9.17) is 0 Å². The van der Waals surface area contributed by atoms with Gasteiger partial charge in [0.05, 0.1) is 12.6 Å². The monoisotopic (exact) mass is 465 g/mol. The number of rotatable bonds is 5. The van der Waals surface area contributed by atoms with Gasteiger partial charge in [-0.05, 0) is 50.1 Å². The molecule has 0 saturated carbocycles. The topological polar surface area (TPSA) is 61.4 Å². The summed E-state index contributed by atoms with van der Waals surface area (Å²) in [6.45, 7) is 2.25. The first-order valence-electron chi connectivity index (χ1n) is 9.11. The Balaban J connectivity index is 0.00000280. The fourth-order valence-electron chi connectivity index (χ4n) is 3.22. The van der Waals surface area contributed by atoms with Crippen molar-refractivity contribution in [1.29, 1.82) is 0 Å². The Labute approximate surface area is 180 Å². The molecular formula is C21H25BrClN3O2. The minimum Gasteiger partial charge on any atom is -0.343 e. The lowest BCUT2D eigenvalue weighted by atomic mass is 10.1. The van der Waals surface area contributed by atoms with Crippen LogP contribution in [0, 0.1) is 0 Å². The van der Waals surface area contributed by atoms with Gasteiger partial charge in [-0.15, -0.1) is 12.4 Å². The molecule has 1 aliphatic rings.